The maximum atomic E-state index is 2.39. The van der Waals surface area contributed by atoms with Crippen LogP contribution in [0, 0.1) is 0 Å². The summed E-state index contributed by atoms with van der Waals surface area (Å²) in [5.74, 6) is 0. The average molecular weight is 716 g/mol. The molecule has 1 heteroatoms. The van der Waals surface area contributed by atoms with Gasteiger partial charge in [-0.05, 0) is 120 Å². The zero-order valence-corrected chi connectivity index (χ0v) is 31.7. The van der Waals surface area contributed by atoms with E-state index in [0.29, 0.717) is 0 Å². The highest BCUT2D eigenvalue weighted by molar-refractivity contribution is 5.94. The van der Waals surface area contributed by atoms with Crippen molar-refractivity contribution in [2.75, 3.05) is 4.90 Å². The third kappa shape index (κ3) is 5.90. The van der Waals surface area contributed by atoms with E-state index in [1.165, 1.54) is 77.5 Å². The van der Waals surface area contributed by atoms with Crippen LogP contribution in [0.3, 0.4) is 0 Å². The van der Waals surface area contributed by atoms with Gasteiger partial charge in [-0.25, -0.2) is 0 Å². The van der Waals surface area contributed by atoms with Crippen LogP contribution < -0.4 is 4.90 Å². The minimum absolute atomic E-state index is 0.0536. The van der Waals surface area contributed by atoms with Gasteiger partial charge in [0.05, 0.1) is 0 Å². The summed E-state index contributed by atoms with van der Waals surface area (Å²) in [4.78, 5) is 2.39. The molecule has 0 saturated carbocycles. The molecule has 266 valence electrons. The van der Waals surface area contributed by atoms with Crippen molar-refractivity contribution in [2.24, 2.45) is 0 Å². The average Bonchev–Trinajstić information content (AvgIpc) is 3.50. The van der Waals surface area contributed by atoms with E-state index in [9.17, 15) is 0 Å². The molecular formula is C55H41N. The van der Waals surface area contributed by atoms with E-state index in [1.54, 1.807) is 0 Å². The summed E-state index contributed by atoms with van der Waals surface area (Å²) < 4.78 is 0. The molecular weight excluding hydrogens is 675 g/mol. The molecule has 10 rings (SSSR count). The minimum Gasteiger partial charge on any atom is -0.310 e. The van der Waals surface area contributed by atoms with Gasteiger partial charge in [0.1, 0.15) is 0 Å². The van der Waals surface area contributed by atoms with Crippen molar-refractivity contribution >= 4 is 27.8 Å². The second-order valence-corrected chi connectivity index (χ2v) is 15.4. The topological polar surface area (TPSA) is 3.24 Å². The van der Waals surface area contributed by atoms with Gasteiger partial charge in [-0.3, -0.25) is 0 Å². The van der Waals surface area contributed by atoms with Crippen LogP contribution >= 0.6 is 0 Å². The minimum atomic E-state index is -0.0536. The van der Waals surface area contributed by atoms with Crippen LogP contribution in [0.2, 0.25) is 0 Å². The van der Waals surface area contributed by atoms with Crippen molar-refractivity contribution in [1.82, 2.24) is 0 Å². The summed E-state index contributed by atoms with van der Waals surface area (Å²) in [6.45, 7) is 4.70. The molecule has 0 radical (unpaired) electrons. The monoisotopic (exact) mass is 715 g/mol. The zero-order valence-electron chi connectivity index (χ0n) is 31.7. The molecule has 0 unspecified atom stereocenters. The van der Waals surface area contributed by atoms with Gasteiger partial charge in [-0.15, -0.1) is 0 Å². The number of rotatable bonds is 7. The number of nitrogens with zero attached hydrogens (tertiary/aromatic N) is 1. The number of benzene rings is 9. The van der Waals surface area contributed by atoms with Gasteiger partial charge in [-0.1, -0.05) is 184 Å². The van der Waals surface area contributed by atoms with Crippen molar-refractivity contribution in [3.8, 4) is 55.6 Å². The standard InChI is InChI=1S/C55H41N/c1-55(2)52-20-9-8-18-51(52)54-50(19-11-21-53(54)55)46-16-10-17-49(37-46)56(48-34-30-43(31-35-48)45-27-26-39-14-6-7-15-44(39)36-45)47-32-28-42(29-33-47)41-24-22-40(23-25-41)38-12-4-3-5-13-38/h3-37H,1-2H3. The number of hydrogen-bond donors (Lipinski definition) is 0. The van der Waals surface area contributed by atoms with E-state index in [1.807, 2.05) is 0 Å². The summed E-state index contributed by atoms with van der Waals surface area (Å²) in [6, 6.07) is 77.5. The lowest BCUT2D eigenvalue weighted by Crippen LogP contribution is -2.14. The van der Waals surface area contributed by atoms with E-state index in [-0.39, 0.29) is 5.41 Å². The first-order chi connectivity index (χ1) is 27.5. The Bertz CT molecular complexity index is 2850. The molecule has 0 N–H and O–H groups in total. The Labute approximate surface area is 329 Å². The first-order valence-electron chi connectivity index (χ1n) is 19.5. The molecule has 0 aliphatic heterocycles. The fourth-order valence-corrected chi connectivity index (χ4v) is 8.72. The van der Waals surface area contributed by atoms with E-state index >= 15 is 0 Å². The lowest BCUT2D eigenvalue weighted by Gasteiger charge is -2.27. The van der Waals surface area contributed by atoms with Gasteiger partial charge in [0, 0.05) is 22.5 Å². The summed E-state index contributed by atoms with van der Waals surface area (Å²) in [5, 5.41) is 2.51. The van der Waals surface area contributed by atoms with Crippen LogP contribution in [0.25, 0.3) is 66.4 Å². The molecule has 1 nitrogen and oxygen atoms in total. The SMILES string of the molecule is CC1(C)c2ccccc2-c2c(-c3cccc(N(c4ccc(-c5ccc(-c6ccccc6)cc5)cc4)c4ccc(-c5ccc6ccccc6c5)cc4)c3)cccc21. The largest absolute Gasteiger partial charge is 0.310 e. The smallest absolute Gasteiger partial charge is 0.0467 e. The predicted molar refractivity (Wildman–Crippen MR) is 238 cm³/mol. The molecule has 9 aromatic rings. The first kappa shape index (κ1) is 33.6. The molecule has 0 amide bonds. The summed E-state index contributed by atoms with van der Waals surface area (Å²) >= 11 is 0. The van der Waals surface area contributed by atoms with E-state index in [0.717, 1.165) is 17.1 Å². The Hall–Kier alpha value is -6.96. The van der Waals surface area contributed by atoms with Crippen LogP contribution in [0.5, 0.6) is 0 Å². The van der Waals surface area contributed by atoms with Crippen LogP contribution in [0.15, 0.2) is 212 Å². The molecule has 0 heterocycles. The van der Waals surface area contributed by atoms with E-state index < -0.39 is 0 Å². The Kier molecular flexibility index (Phi) is 8.23. The first-order valence-corrected chi connectivity index (χ1v) is 19.5. The Balaban J connectivity index is 1.05. The maximum absolute atomic E-state index is 2.39. The molecule has 0 aromatic heterocycles. The Morgan fingerprint density at radius 1 is 0.304 bits per heavy atom. The third-order valence-electron chi connectivity index (χ3n) is 11.7. The van der Waals surface area contributed by atoms with Gasteiger partial charge in [0.15, 0.2) is 0 Å². The molecule has 1 aliphatic rings. The van der Waals surface area contributed by atoms with Gasteiger partial charge >= 0.3 is 0 Å². The summed E-state index contributed by atoms with van der Waals surface area (Å²) in [6.07, 6.45) is 0. The van der Waals surface area contributed by atoms with Gasteiger partial charge in [0.2, 0.25) is 0 Å². The molecule has 1 aliphatic carbocycles. The van der Waals surface area contributed by atoms with Gasteiger partial charge < -0.3 is 4.90 Å². The van der Waals surface area contributed by atoms with Crippen molar-refractivity contribution in [3.05, 3.63) is 223 Å². The van der Waals surface area contributed by atoms with Gasteiger partial charge in [0.25, 0.3) is 0 Å². The van der Waals surface area contributed by atoms with Crippen molar-refractivity contribution in [2.45, 2.75) is 19.3 Å². The van der Waals surface area contributed by atoms with Crippen LogP contribution in [-0.4, -0.2) is 0 Å². The fourth-order valence-electron chi connectivity index (χ4n) is 8.72. The van der Waals surface area contributed by atoms with E-state index in [2.05, 4.69) is 231 Å². The summed E-state index contributed by atoms with van der Waals surface area (Å²) in [5.41, 5.74) is 18.5. The van der Waals surface area contributed by atoms with Crippen LogP contribution in [0.1, 0.15) is 25.0 Å². The van der Waals surface area contributed by atoms with Gasteiger partial charge in [-0.2, -0.15) is 0 Å². The highest BCUT2D eigenvalue weighted by Crippen LogP contribution is 2.52. The number of fused-ring (bicyclic) bond motifs is 4. The quantitative estimate of drug-likeness (QED) is 0.159. The lowest BCUT2D eigenvalue weighted by atomic mass is 9.82. The van der Waals surface area contributed by atoms with Crippen molar-refractivity contribution in [3.63, 3.8) is 0 Å². The summed E-state index contributed by atoms with van der Waals surface area (Å²) in [7, 11) is 0. The van der Waals surface area contributed by atoms with Crippen LogP contribution in [0.4, 0.5) is 17.1 Å². The second kappa shape index (κ2) is 13.7. The van der Waals surface area contributed by atoms with E-state index in [4.69, 9.17) is 0 Å². The normalized spacial score (nSPS) is 12.6. The van der Waals surface area contributed by atoms with Crippen molar-refractivity contribution in [1.29, 1.82) is 0 Å². The molecule has 0 spiro atoms. The van der Waals surface area contributed by atoms with Crippen molar-refractivity contribution < 1.29 is 0 Å². The molecule has 0 atom stereocenters. The fraction of sp³-hybridized carbons (Fsp3) is 0.0545. The maximum Gasteiger partial charge on any atom is 0.0467 e. The predicted octanol–water partition coefficient (Wildman–Crippen LogP) is 15.3. The zero-order chi connectivity index (χ0) is 37.6. The molecule has 56 heavy (non-hydrogen) atoms. The highest BCUT2D eigenvalue weighted by Gasteiger charge is 2.36. The van der Waals surface area contributed by atoms with Crippen LogP contribution in [-0.2, 0) is 5.41 Å². The lowest BCUT2D eigenvalue weighted by molar-refractivity contribution is 0.660. The third-order valence-corrected chi connectivity index (χ3v) is 11.7. The molecule has 0 fully saturated rings. The number of anilines is 3. The number of hydrogen-bond acceptors (Lipinski definition) is 1. The molecule has 0 bridgehead atoms. The molecule has 0 saturated heterocycles. The molecule has 9 aromatic carbocycles. The Morgan fingerprint density at radius 3 is 1.48 bits per heavy atom. The highest BCUT2D eigenvalue weighted by atomic mass is 15.1. The second-order valence-electron chi connectivity index (χ2n) is 15.4. The Morgan fingerprint density at radius 2 is 0.786 bits per heavy atom.